The van der Waals surface area contributed by atoms with Crippen molar-refractivity contribution in [2.24, 2.45) is 0 Å². The van der Waals surface area contributed by atoms with Gasteiger partial charge in [-0.25, -0.2) is 9.48 Å². The summed E-state index contributed by atoms with van der Waals surface area (Å²) in [5, 5.41) is 10.7. The topological polar surface area (TPSA) is 98.6 Å². The predicted octanol–water partition coefficient (Wildman–Crippen LogP) is 3.53. The van der Waals surface area contributed by atoms with Crippen molar-refractivity contribution in [2.75, 3.05) is 20.8 Å². The average molecular weight is 532 g/mol. The van der Waals surface area contributed by atoms with E-state index in [4.69, 9.17) is 9.47 Å². The van der Waals surface area contributed by atoms with Gasteiger partial charge in [0.1, 0.15) is 5.75 Å². The Balaban J connectivity index is 1.52. The number of carbonyl (C=O) groups is 2. The van der Waals surface area contributed by atoms with Crippen LogP contribution >= 0.6 is 0 Å². The van der Waals surface area contributed by atoms with Crippen molar-refractivity contribution in [1.29, 1.82) is 0 Å². The van der Waals surface area contributed by atoms with Gasteiger partial charge in [0.25, 0.3) is 0 Å². The number of likely N-dealkylation sites (tertiary alicyclic amines) is 1. The Morgan fingerprint density at radius 1 is 1.13 bits per heavy atom. The van der Waals surface area contributed by atoms with Crippen LogP contribution in [0.3, 0.4) is 0 Å². The van der Waals surface area contributed by atoms with E-state index in [1.54, 1.807) is 11.8 Å². The minimum atomic E-state index is -4.47. The summed E-state index contributed by atoms with van der Waals surface area (Å²) >= 11 is 0. The van der Waals surface area contributed by atoms with Gasteiger partial charge in [-0.1, -0.05) is 29.5 Å². The summed E-state index contributed by atoms with van der Waals surface area (Å²) < 4.78 is 50.8. The fraction of sp³-hybridized carbons (Fsp3) is 0.385. The second-order valence-corrected chi connectivity index (χ2v) is 9.13. The first kappa shape index (κ1) is 27.1. The lowest BCUT2D eigenvalue weighted by Crippen LogP contribution is -2.42. The third kappa shape index (κ3) is 6.13. The van der Waals surface area contributed by atoms with Gasteiger partial charge in [-0.2, -0.15) is 13.2 Å². The highest BCUT2D eigenvalue weighted by molar-refractivity contribution is 5.86. The number of aromatic nitrogens is 3. The van der Waals surface area contributed by atoms with Crippen LogP contribution in [0.15, 0.2) is 48.7 Å². The molecule has 1 fully saturated rings. The number of carbonyl (C=O) groups excluding carboxylic acids is 2. The van der Waals surface area contributed by atoms with E-state index in [2.05, 4.69) is 15.6 Å². The molecular weight excluding hydrogens is 503 g/mol. The van der Waals surface area contributed by atoms with Crippen LogP contribution in [-0.4, -0.2) is 58.6 Å². The predicted molar refractivity (Wildman–Crippen MR) is 130 cm³/mol. The Bertz CT molecular complexity index is 1310. The molecule has 9 nitrogen and oxygen atoms in total. The summed E-state index contributed by atoms with van der Waals surface area (Å²) in [5.41, 5.74) is 1.55. The van der Waals surface area contributed by atoms with Gasteiger partial charge in [-0.15, -0.1) is 5.10 Å². The Morgan fingerprint density at radius 3 is 2.61 bits per heavy atom. The van der Waals surface area contributed by atoms with Gasteiger partial charge in [-0.05, 0) is 48.2 Å². The highest BCUT2D eigenvalue weighted by atomic mass is 19.4. The van der Waals surface area contributed by atoms with Crippen molar-refractivity contribution < 1.29 is 32.2 Å². The number of benzene rings is 2. The monoisotopic (exact) mass is 531 g/mol. The Kier molecular flexibility index (Phi) is 8.00. The van der Waals surface area contributed by atoms with E-state index in [9.17, 15) is 22.8 Å². The Morgan fingerprint density at radius 2 is 1.92 bits per heavy atom. The number of hydrogen-bond acceptors (Lipinski definition) is 7. The average Bonchev–Trinajstić information content (AvgIpc) is 3.54. The van der Waals surface area contributed by atoms with E-state index in [0.717, 1.165) is 29.0 Å². The Labute approximate surface area is 217 Å². The lowest BCUT2D eigenvalue weighted by atomic mass is 10.1. The third-order valence-corrected chi connectivity index (χ3v) is 6.53. The highest BCUT2D eigenvalue weighted by Gasteiger charge is 2.38. The molecule has 2 atom stereocenters. The molecule has 0 saturated carbocycles. The summed E-state index contributed by atoms with van der Waals surface area (Å²) in [7, 11) is 2.85. The van der Waals surface area contributed by atoms with Crippen LogP contribution in [0.5, 0.6) is 5.75 Å². The van der Waals surface area contributed by atoms with E-state index in [1.165, 1.54) is 25.4 Å². The first-order valence-corrected chi connectivity index (χ1v) is 11.9. The van der Waals surface area contributed by atoms with Crippen molar-refractivity contribution in [2.45, 2.75) is 44.7 Å². The molecule has 12 heteroatoms. The highest BCUT2D eigenvalue weighted by Crippen LogP contribution is 2.31. The quantitative estimate of drug-likeness (QED) is 0.444. The van der Waals surface area contributed by atoms with Crippen LogP contribution < -0.4 is 10.1 Å². The molecule has 1 N–H and O–H groups in total. The molecule has 1 aliphatic rings. The number of rotatable bonds is 8. The number of esters is 1. The fourth-order valence-corrected chi connectivity index (χ4v) is 4.61. The first-order valence-electron chi connectivity index (χ1n) is 11.9. The Hall–Kier alpha value is -3.93. The molecule has 1 amide bonds. The summed E-state index contributed by atoms with van der Waals surface area (Å²) in [6.07, 6.45) is -2.62. The summed E-state index contributed by atoms with van der Waals surface area (Å²) in [4.78, 5) is 27.1. The van der Waals surface area contributed by atoms with E-state index in [1.807, 2.05) is 30.0 Å². The number of nitrogens with one attached hydrogen (secondary N) is 1. The number of hydrogen-bond donors (Lipinski definition) is 1. The third-order valence-electron chi connectivity index (χ3n) is 6.53. The lowest BCUT2D eigenvalue weighted by Gasteiger charge is -2.24. The van der Waals surface area contributed by atoms with Crippen LogP contribution in [0, 0.1) is 6.92 Å². The van der Waals surface area contributed by atoms with Crippen molar-refractivity contribution in [3.63, 3.8) is 0 Å². The van der Waals surface area contributed by atoms with Gasteiger partial charge in [0, 0.05) is 19.6 Å². The molecule has 3 aromatic rings. The molecule has 4 rings (SSSR count). The minimum Gasteiger partial charge on any atom is -0.496 e. The number of nitrogens with zero attached hydrogens (tertiary/aromatic N) is 4. The van der Waals surface area contributed by atoms with Crippen LogP contribution in [-0.2, 0) is 28.8 Å². The number of aryl methyl sites for hydroxylation is 1. The minimum absolute atomic E-state index is 0.0464. The SMILES string of the molecule is COC(=O)c1cn([C@H]2C[C@@H](C(=O)NCc3cccc(C(F)(F)F)c3)N(Cc3ccc(OC)c(C)c3)C2)nn1. The summed E-state index contributed by atoms with van der Waals surface area (Å²) in [6, 6.07) is 9.79. The summed E-state index contributed by atoms with van der Waals surface area (Å²) in [5.74, 6) is -0.181. The number of ether oxygens (including phenoxy) is 2. The van der Waals surface area contributed by atoms with Crippen LogP contribution in [0.2, 0.25) is 0 Å². The van der Waals surface area contributed by atoms with Gasteiger partial charge < -0.3 is 14.8 Å². The van der Waals surface area contributed by atoms with Gasteiger partial charge >= 0.3 is 12.1 Å². The molecule has 0 radical (unpaired) electrons. The van der Waals surface area contributed by atoms with Gasteiger partial charge in [0.15, 0.2) is 5.69 Å². The van der Waals surface area contributed by atoms with E-state index < -0.39 is 23.8 Å². The first-order chi connectivity index (χ1) is 18.1. The largest absolute Gasteiger partial charge is 0.496 e. The maximum atomic E-state index is 13.3. The molecule has 1 aliphatic heterocycles. The zero-order chi connectivity index (χ0) is 27.4. The standard InChI is InChI=1S/C26H28F3N5O4/c1-16-9-18(7-8-23(16)37-2)13-33-14-20(34-15-21(31-32-34)25(36)38-3)11-22(33)24(35)30-12-17-5-4-6-19(10-17)26(27,28)29/h4-10,15,20,22H,11-14H2,1-3H3,(H,30,35)/t20-,22-/m0/s1. The lowest BCUT2D eigenvalue weighted by molar-refractivity contribution is -0.137. The number of alkyl halides is 3. The van der Waals surface area contributed by atoms with Crippen LogP contribution in [0.25, 0.3) is 0 Å². The molecule has 2 heterocycles. The molecule has 0 spiro atoms. The maximum Gasteiger partial charge on any atom is 0.416 e. The molecule has 0 aliphatic carbocycles. The molecule has 2 aromatic carbocycles. The smallest absolute Gasteiger partial charge is 0.416 e. The second kappa shape index (κ2) is 11.2. The molecule has 1 aromatic heterocycles. The summed E-state index contributed by atoms with van der Waals surface area (Å²) in [6.45, 7) is 2.77. The van der Waals surface area contributed by atoms with Crippen LogP contribution in [0.4, 0.5) is 13.2 Å². The zero-order valence-electron chi connectivity index (χ0n) is 21.2. The van der Waals surface area contributed by atoms with Crippen molar-refractivity contribution in [3.8, 4) is 5.75 Å². The molecule has 0 bridgehead atoms. The van der Waals surface area contributed by atoms with E-state index >= 15 is 0 Å². The second-order valence-electron chi connectivity index (χ2n) is 9.13. The molecule has 202 valence electrons. The van der Waals surface area contributed by atoms with Crippen LogP contribution in [0.1, 0.15) is 45.2 Å². The van der Waals surface area contributed by atoms with E-state index in [-0.39, 0.29) is 24.2 Å². The van der Waals surface area contributed by atoms with Gasteiger partial charge in [-0.3, -0.25) is 9.69 Å². The van der Waals surface area contributed by atoms with Crippen molar-refractivity contribution in [1.82, 2.24) is 25.2 Å². The van der Waals surface area contributed by atoms with Crippen molar-refractivity contribution >= 4 is 11.9 Å². The van der Waals surface area contributed by atoms with Gasteiger partial charge in [0.05, 0.1) is 38.1 Å². The molecule has 1 saturated heterocycles. The van der Waals surface area contributed by atoms with Gasteiger partial charge in [0.2, 0.25) is 5.91 Å². The fourth-order valence-electron chi connectivity index (χ4n) is 4.61. The molecule has 38 heavy (non-hydrogen) atoms. The zero-order valence-corrected chi connectivity index (χ0v) is 21.2. The van der Waals surface area contributed by atoms with E-state index in [0.29, 0.717) is 25.1 Å². The number of halogens is 3. The number of methoxy groups -OCH3 is 2. The maximum absolute atomic E-state index is 13.3. The molecular formula is C26H28F3N5O4. The van der Waals surface area contributed by atoms with Crippen molar-refractivity contribution in [3.05, 3.63) is 76.6 Å². The molecule has 0 unspecified atom stereocenters. The number of amides is 1. The normalized spacial score (nSPS) is 17.8.